The van der Waals surface area contributed by atoms with Crippen molar-refractivity contribution in [1.82, 2.24) is 10.2 Å². The minimum Gasteiger partial charge on any atom is -0.324 e. The van der Waals surface area contributed by atoms with Crippen LogP contribution in [0.4, 0.5) is 0 Å². The van der Waals surface area contributed by atoms with Crippen LogP contribution in [0.2, 0.25) is 0 Å². The number of hydrogen-bond acceptors (Lipinski definition) is 4. The fourth-order valence-corrected chi connectivity index (χ4v) is 2.33. The van der Waals surface area contributed by atoms with Gasteiger partial charge in [-0.3, -0.25) is 0 Å². The average Bonchev–Trinajstić information content (AvgIpc) is 2.76. The van der Waals surface area contributed by atoms with E-state index in [-0.39, 0.29) is 0 Å². The fourth-order valence-electron chi connectivity index (χ4n) is 1.60. The molecule has 2 rings (SSSR count). The van der Waals surface area contributed by atoms with Crippen molar-refractivity contribution < 1.29 is 0 Å². The molecule has 0 bridgehead atoms. The molecule has 0 spiro atoms. The molecule has 2 N–H and O–H groups in total. The molecule has 0 saturated heterocycles. The van der Waals surface area contributed by atoms with Crippen molar-refractivity contribution in [1.29, 1.82) is 0 Å². The van der Waals surface area contributed by atoms with Crippen LogP contribution in [0.5, 0.6) is 0 Å². The van der Waals surface area contributed by atoms with E-state index in [1.807, 2.05) is 0 Å². The van der Waals surface area contributed by atoms with Crippen LogP contribution in [0.1, 0.15) is 21.1 Å². The number of aryl methyl sites for hydroxylation is 3. The molecule has 1 heterocycles. The lowest BCUT2D eigenvalue weighted by molar-refractivity contribution is 0.879. The van der Waals surface area contributed by atoms with Gasteiger partial charge in [0.1, 0.15) is 10.0 Å². The molecule has 3 nitrogen and oxygen atoms in total. The van der Waals surface area contributed by atoms with Crippen LogP contribution >= 0.6 is 11.3 Å². The summed E-state index contributed by atoms with van der Waals surface area (Å²) in [6.45, 7) is 2.63. The first-order valence-corrected chi connectivity index (χ1v) is 6.17. The Bertz CT molecular complexity index is 465. The molecule has 84 valence electrons. The second-order valence-corrected chi connectivity index (χ2v) is 4.87. The van der Waals surface area contributed by atoms with E-state index < -0.39 is 0 Å². The highest BCUT2D eigenvalue weighted by atomic mass is 32.1. The molecule has 0 saturated carbocycles. The second-order valence-electron chi connectivity index (χ2n) is 3.72. The zero-order chi connectivity index (χ0) is 11.4. The van der Waals surface area contributed by atoms with Gasteiger partial charge >= 0.3 is 0 Å². The van der Waals surface area contributed by atoms with Crippen LogP contribution in [0.25, 0.3) is 0 Å². The molecule has 1 aromatic heterocycles. The summed E-state index contributed by atoms with van der Waals surface area (Å²) in [6, 6.07) is 8.45. The lowest BCUT2D eigenvalue weighted by atomic mass is 10.0. The number of hydrogen-bond donors (Lipinski definition) is 1. The number of benzene rings is 1. The molecule has 0 aliphatic heterocycles. The molecular formula is C12H15N3S. The van der Waals surface area contributed by atoms with E-state index in [4.69, 9.17) is 5.73 Å². The lowest BCUT2D eigenvalue weighted by Crippen LogP contribution is -1.94. The number of aromatic nitrogens is 2. The number of nitrogens with zero attached hydrogens (tertiary/aromatic N) is 2. The first-order valence-electron chi connectivity index (χ1n) is 5.35. The molecule has 0 atom stereocenters. The van der Waals surface area contributed by atoms with E-state index in [9.17, 15) is 0 Å². The minimum absolute atomic E-state index is 0.488. The SMILES string of the molecule is Cc1ccccc1CCc1nnc(CN)s1. The predicted molar refractivity (Wildman–Crippen MR) is 66.4 cm³/mol. The van der Waals surface area contributed by atoms with Crippen LogP contribution in [-0.4, -0.2) is 10.2 Å². The van der Waals surface area contributed by atoms with Gasteiger partial charge in [-0.25, -0.2) is 0 Å². The summed E-state index contributed by atoms with van der Waals surface area (Å²) in [6.07, 6.45) is 1.97. The third-order valence-corrected chi connectivity index (χ3v) is 3.56. The molecular weight excluding hydrogens is 218 g/mol. The summed E-state index contributed by atoms with van der Waals surface area (Å²) >= 11 is 1.61. The molecule has 0 aliphatic rings. The topological polar surface area (TPSA) is 51.8 Å². The van der Waals surface area contributed by atoms with Gasteiger partial charge in [-0.1, -0.05) is 24.3 Å². The van der Waals surface area contributed by atoms with E-state index in [2.05, 4.69) is 41.4 Å². The average molecular weight is 233 g/mol. The Balaban J connectivity index is 1.99. The van der Waals surface area contributed by atoms with E-state index in [1.165, 1.54) is 11.1 Å². The summed E-state index contributed by atoms with van der Waals surface area (Å²) in [5.41, 5.74) is 8.22. The van der Waals surface area contributed by atoms with Gasteiger partial charge in [0.15, 0.2) is 0 Å². The summed E-state index contributed by atoms with van der Waals surface area (Å²) in [5.74, 6) is 0. The third kappa shape index (κ3) is 2.65. The van der Waals surface area contributed by atoms with Gasteiger partial charge in [0.05, 0.1) is 0 Å². The van der Waals surface area contributed by atoms with E-state index >= 15 is 0 Å². The Morgan fingerprint density at radius 1 is 1.12 bits per heavy atom. The highest BCUT2D eigenvalue weighted by Gasteiger charge is 2.04. The predicted octanol–water partition coefficient (Wildman–Crippen LogP) is 2.09. The number of rotatable bonds is 4. The van der Waals surface area contributed by atoms with Crippen molar-refractivity contribution in [3.63, 3.8) is 0 Å². The maximum Gasteiger partial charge on any atom is 0.131 e. The lowest BCUT2D eigenvalue weighted by Gasteiger charge is -2.02. The van der Waals surface area contributed by atoms with Crippen LogP contribution in [-0.2, 0) is 19.4 Å². The van der Waals surface area contributed by atoms with Crippen LogP contribution in [0.15, 0.2) is 24.3 Å². The molecule has 2 aromatic rings. The summed E-state index contributed by atoms with van der Waals surface area (Å²) in [7, 11) is 0. The summed E-state index contributed by atoms with van der Waals surface area (Å²) < 4.78 is 0. The second kappa shape index (κ2) is 5.18. The minimum atomic E-state index is 0.488. The maximum absolute atomic E-state index is 5.50. The van der Waals surface area contributed by atoms with Crippen molar-refractivity contribution in [3.05, 3.63) is 45.4 Å². The molecule has 4 heteroatoms. The van der Waals surface area contributed by atoms with Crippen LogP contribution < -0.4 is 5.73 Å². The van der Waals surface area contributed by atoms with Gasteiger partial charge in [-0.05, 0) is 24.5 Å². The van der Waals surface area contributed by atoms with Crippen LogP contribution in [0, 0.1) is 6.92 Å². The fraction of sp³-hybridized carbons (Fsp3) is 0.333. The Labute approximate surface area is 99.3 Å². The zero-order valence-electron chi connectivity index (χ0n) is 9.31. The molecule has 0 unspecified atom stereocenters. The van der Waals surface area contributed by atoms with E-state index in [0.717, 1.165) is 22.9 Å². The third-order valence-electron chi connectivity index (χ3n) is 2.55. The maximum atomic E-state index is 5.50. The smallest absolute Gasteiger partial charge is 0.131 e. The largest absolute Gasteiger partial charge is 0.324 e. The van der Waals surface area contributed by atoms with E-state index in [1.54, 1.807) is 11.3 Å². The molecule has 16 heavy (non-hydrogen) atoms. The van der Waals surface area contributed by atoms with Gasteiger partial charge in [0, 0.05) is 13.0 Å². The van der Waals surface area contributed by atoms with Gasteiger partial charge in [-0.15, -0.1) is 21.5 Å². The zero-order valence-corrected chi connectivity index (χ0v) is 10.1. The number of nitrogens with two attached hydrogens (primary N) is 1. The molecule has 0 aliphatic carbocycles. The first kappa shape index (κ1) is 11.2. The first-order chi connectivity index (χ1) is 7.79. The van der Waals surface area contributed by atoms with Crippen molar-refractivity contribution in [2.45, 2.75) is 26.3 Å². The van der Waals surface area contributed by atoms with Crippen molar-refractivity contribution in [3.8, 4) is 0 Å². The Morgan fingerprint density at radius 2 is 1.88 bits per heavy atom. The van der Waals surface area contributed by atoms with Gasteiger partial charge in [-0.2, -0.15) is 0 Å². The van der Waals surface area contributed by atoms with Crippen molar-refractivity contribution in [2.75, 3.05) is 0 Å². The highest BCUT2D eigenvalue weighted by molar-refractivity contribution is 7.11. The van der Waals surface area contributed by atoms with Crippen molar-refractivity contribution >= 4 is 11.3 Å². The Kier molecular flexibility index (Phi) is 3.64. The standard InChI is InChI=1S/C12H15N3S/c1-9-4-2-3-5-10(9)6-7-11-14-15-12(8-13)16-11/h2-5H,6-8,13H2,1H3. The van der Waals surface area contributed by atoms with Gasteiger partial charge in [0.2, 0.25) is 0 Å². The van der Waals surface area contributed by atoms with Gasteiger partial charge in [0.25, 0.3) is 0 Å². The molecule has 0 fully saturated rings. The van der Waals surface area contributed by atoms with Gasteiger partial charge < -0.3 is 5.73 Å². The Morgan fingerprint density at radius 3 is 2.56 bits per heavy atom. The summed E-state index contributed by atoms with van der Waals surface area (Å²) in [5, 5.41) is 10.1. The normalized spacial score (nSPS) is 10.6. The van der Waals surface area contributed by atoms with Crippen LogP contribution in [0.3, 0.4) is 0 Å². The Hall–Kier alpha value is -1.26. The molecule has 1 aromatic carbocycles. The molecule has 0 radical (unpaired) electrons. The van der Waals surface area contributed by atoms with Crippen molar-refractivity contribution in [2.24, 2.45) is 5.73 Å². The summed E-state index contributed by atoms with van der Waals surface area (Å²) in [4.78, 5) is 0. The van der Waals surface area contributed by atoms with E-state index in [0.29, 0.717) is 6.54 Å². The highest BCUT2D eigenvalue weighted by Crippen LogP contribution is 2.14. The monoisotopic (exact) mass is 233 g/mol. The molecule has 0 amide bonds. The quantitative estimate of drug-likeness (QED) is 0.879.